The van der Waals surface area contributed by atoms with E-state index in [4.69, 9.17) is 10.2 Å². The number of aliphatic carboxylic acids is 1. The van der Waals surface area contributed by atoms with Crippen LogP contribution < -0.4 is 0 Å². The fraction of sp³-hybridized carbons (Fsp3) is 0.571. The zero-order valence-corrected chi connectivity index (χ0v) is 7.43. The van der Waals surface area contributed by atoms with Gasteiger partial charge >= 0.3 is 107 Å². The maximum absolute atomic E-state index is 10.9. The molecule has 0 aromatic carbocycles. The Balaban J connectivity index is -0.000000282. The summed E-state index contributed by atoms with van der Waals surface area (Å²) in [6, 6.07) is 0. The van der Waals surface area contributed by atoms with Crippen LogP contribution in [0.15, 0.2) is 0 Å². The van der Waals surface area contributed by atoms with Gasteiger partial charge in [-0.2, -0.15) is 0 Å². The molecule has 0 saturated carbocycles. The number of carbonyl (C=O) groups is 3. The van der Waals surface area contributed by atoms with Gasteiger partial charge in [-0.25, -0.2) is 4.79 Å². The number of hydrogen-bond acceptors (Lipinski definition) is 5. The molecule has 0 bridgehead atoms. The minimum atomic E-state index is -1.76. The number of carboxylic acids is 1. The number of carbonyl (C=O) groups excluding carboxylic acids is 1. The molecule has 17 heavy (non-hydrogen) atoms. The molecule has 0 radical (unpaired) electrons. The van der Waals surface area contributed by atoms with Gasteiger partial charge in [0.15, 0.2) is 0 Å². The molecule has 0 heterocycles. The fourth-order valence-corrected chi connectivity index (χ4v) is 0.792. The summed E-state index contributed by atoms with van der Waals surface area (Å²) in [5.41, 5.74) is 0. The van der Waals surface area contributed by atoms with Gasteiger partial charge in [0.2, 0.25) is 0 Å². The van der Waals surface area contributed by atoms with Gasteiger partial charge < -0.3 is 19.7 Å². The van der Waals surface area contributed by atoms with Crippen molar-refractivity contribution in [3.8, 4) is 0 Å². The van der Waals surface area contributed by atoms with Crippen molar-refractivity contribution in [1.82, 2.24) is 0 Å². The first-order chi connectivity index (χ1) is 6.47. The Hall–Kier alpha value is 1.37. The summed E-state index contributed by atoms with van der Waals surface area (Å²) in [5.74, 6) is -3.45. The van der Waals surface area contributed by atoms with Gasteiger partial charge in [-0.1, -0.05) is 0 Å². The van der Waals surface area contributed by atoms with Crippen molar-refractivity contribution in [3.63, 3.8) is 0 Å². The molecule has 10 heteroatoms. The molecule has 0 spiro atoms. The van der Waals surface area contributed by atoms with E-state index in [0.717, 1.165) is 0 Å². The Morgan fingerprint density at radius 2 is 1.59 bits per heavy atom. The summed E-state index contributed by atoms with van der Waals surface area (Å²) in [6.07, 6.45) is -2.29. The van der Waals surface area contributed by atoms with Gasteiger partial charge in [0, 0.05) is 7.11 Å². The number of rotatable bonds is 5. The molecule has 1 unspecified atom stereocenters. The molecule has 86 valence electrons. The van der Waals surface area contributed by atoms with E-state index in [1.807, 2.05) is 0 Å². The molecular formula is C7H13Na3O7. The first-order valence-electron chi connectivity index (χ1n) is 3.62. The zero-order chi connectivity index (χ0) is 11.1. The second-order valence-corrected chi connectivity index (χ2v) is 2.44. The van der Waals surface area contributed by atoms with Gasteiger partial charge in [-0.15, -0.1) is 0 Å². The molecule has 0 amide bonds. The van der Waals surface area contributed by atoms with E-state index >= 15 is 0 Å². The van der Waals surface area contributed by atoms with Crippen LogP contribution in [0.5, 0.6) is 0 Å². The number of methoxy groups -OCH3 is 1. The van der Waals surface area contributed by atoms with Gasteiger partial charge in [0.05, 0.1) is 18.9 Å². The first-order valence-corrected chi connectivity index (χ1v) is 3.62. The van der Waals surface area contributed by atoms with Crippen molar-refractivity contribution in [2.75, 3.05) is 13.7 Å². The Morgan fingerprint density at radius 3 is 1.88 bits per heavy atom. The molecule has 0 aromatic heterocycles. The summed E-state index contributed by atoms with van der Waals surface area (Å²) in [5, 5.41) is 16.5. The predicted molar refractivity (Wildman–Crippen MR) is 63.2 cm³/mol. The monoisotopic (exact) mass is 278 g/mol. The van der Waals surface area contributed by atoms with E-state index in [1.165, 1.54) is 7.11 Å². The van der Waals surface area contributed by atoms with Gasteiger partial charge in [0.1, 0.15) is 0 Å². The standard InChI is InChI=1S/C7H10O7.3Na.3H/c1-13-3-4(2-5(8)9)6(10)14-7(11)12;;;;;;/h4H,2-3H2,1H3,(H,8,9)(H,11,12);;;;;;. The molecule has 0 saturated heterocycles. The first kappa shape index (κ1) is 26.8. The number of hydrogen-bond donors (Lipinski definition) is 2. The number of esters is 1. The SMILES string of the molecule is COCC(CC(=O)O)C(=O)OC(=O)O.[NaH].[NaH].[NaH]. The Labute approximate surface area is 164 Å². The molecule has 0 fully saturated rings. The van der Waals surface area contributed by atoms with Gasteiger partial charge in [-0.3, -0.25) is 9.59 Å². The van der Waals surface area contributed by atoms with Crippen LogP contribution in [0.4, 0.5) is 4.79 Å². The molecule has 0 rings (SSSR count). The van der Waals surface area contributed by atoms with Crippen LogP contribution in [0, 0.1) is 5.92 Å². The fourth-order valence-electron chi connectivity index (χ4n) is 0.792. The molecular weight excluding hydrogens is 265 g/mol. The summed E-state index contributed by atoms with van der Waals surface area (Å²) in [4.78, 5) is 31.2. The summed E-state index contributed by atoms with van der Waals surface area (Å²) in [7, 11) is 1.27. The summed E-state index contributed by atoms with van der Waals surface area (Å²) in [6.45, 7) is -0.196. The van der Waals surface area contributed by atoms with Crippen LogP contribution in [0.3, 0.4) is 0 Å². The van der Waals surface area contributed by atoms with Crippen molar-refractivity contribution < 1.29 is 34.1 Å². The molecule has 7 nitrogen and oxygen atoms in total. The van der Waals surface area contributed by atoms with Crippen molar-refractivity contribution in [2.45, 2.75) is 6.42 Å². The van der Waals surface area contributed by atoms with Crippen molar-refractivity contribution >= 4 is 107 Å². The average Bonchev–Trinajstić information content (AvgIpc) is 2.01. The number of carboxylic acid groups (broad SMARTS) is 2. The quantitative estimate of drug-likeness (QED) is 0.340. The van der Waals surface area contributed by atoms with E-state index in [0.29, 0.717) is 0 Å². The van der Waals surface area contributed by atoms with E-state index in [-0.39, 0.29) is 95.3 Å². The average molecular weight is 278 g/mol. The molecule has 0 aromatic rings. The molecule has 0 aliphatic heterocycles. The Bertz CT molecular complexity index is 246. The third-order valence-electron chi connectivity index (χ3n) is 1.31. The van der Waals surface area contributed by atoms with Gasteiger partial charge in [-0.05, 0) is 0 Å². The molecule has 2 N–H and O–H groups in total. The molecule has 0 aliphatic rings. The van der Waals surface area contributed by atoms with E-state index in [1.54, 1.807) is 0 Å². The minimum absolute atomic E-state index is 0. The van der Waals surface area contributed by atoms with E-state index in [2.05, 4.69) is 9.47 Å². The van der Waals surface area contributed by atoms with Gasteiger partial charge in [0.25, 0.3) is 0 Å². The Morgan fingerprint density at radius 1 is 1.12 bits per heavy atom. The van der Waals surface area contributed by atoms with Crippen molar-refractivity contribution in [3.05, 3.63) is 0 Å². The second-order valence-electron chi connectivity index (χ2n) is 2.44. The van der Waals surface area contributed by atoms with Crippen molar-refractivity contribution in [1.29, 1.82) is 0 Å². The third-order valence-corrected chi connectivity index (χ3v) is 1.31. The van der Waals surface area contributed by atoms with Crippen LogP contribution in [-0.4, -0.2) is 131 Å². The van der Waals surface area contributed by atoms with Crippen LogP contribution in [0.25, 0.3) is 0 Å². The normalized spacial score (nSPS) is 9.71. The van der Waals surface area contributed by atoms with E-state index < -0.39 is 30.4 Å². The predicted octanol–water partition coefficient (Wildman–Crippen LogP) is -2.00. The summed E-state index contributed by atoms with van der Waals surface area (Å²) >= 11 is 0. The molecule has 0 aliphatic carbocycles. The third kappa shape index (κ3) is 15.3. The van der Waals surface area contributed by atoms with Crippen LogP contribution >= 0.6 is 0 Å². The van der Waals surface area contributed by atoms with E-state index in [9.17, 15) is 14.4 Å². The van der Waals surface area contributed by atoms with Crippen LogP contribution in [-0.2, 0) is 19.1 Å². The summed E-state index contributed by atoms with van der Waals surface area (Å²) < 4.78 is 8.35. The number of ether oxygens (including phenoxy) is 2. The Kier molecular flexibility index (Phi) is 24.4. The van der Waals surface area contributed by atoms with Crippen LogP contribution in [0.1, 0.15) is 6.42 Å². The maximum atomic E-state index is 10.9. The second kappa shape index (κ2) is 15.4. The van der Waals surface area contributed by atoms with Crippen LogP contribution in [0.2, 0.25) is 0 Å². The van der Waals surface area contributed by atoms with Crippen molar-refractivity contribution in [2.24, 2.45) is 5.92 Å². The topological polar surface area (TPSA) is 110 Å². The zero-order valence-electron chi connectivity index (χ0n) is 7.43. The molecule has 1 atom stereocenters.